The average molecular weight is 409 g/mol. The summed E-state index contributed by atoms with van der Waals surface area (Å²) in [4.78, 5) is 12.1. The lowest BCUT2D eigenvalue weighted by Gasteiger charge is -2.17. The van der Waals surface area contributed by atoms with Gasteiger partial charge in [0.15, 0.2) is 21.5 Å². The van der Waals surface area contributed by atoms with Gasteiger partial charge in [-0.05, 0) is 54.6 Å². The molecular formula is C19H14F3NO4S. The molecular weight excluding hydrogens is 395 g/mol. The Kier molecular flexibility index (Phi) is 5.55. The minimum absolute atomic E-state index is 0.0647. The van der Waals surface area contributed by atoms with Gasteiger partial charge in [-0.15, -0.1) is 0 Å². The second-order valence-corrected chi connectivity index (χ2v) is 7.97. The number of sulfone groups is 1. The Morgan fingerprint density at radius 3 is 2.32 bits per heavy atom. The van der Waals surface area contributed by atoms with E-state index in [2.05, 4.69) is 5.32 Å². The first-order valence-electron chi connectivity index (χ1n) is 8.05. The molecule has 0 aliphatic rings. The Morgan fingerprint density at radius 2 is 1.71 bits per heavy atom. The Morgan fingerprint density at radius 1 is 1.00 bits per heavy atom. The van der Waals surface area contributed by atoms with Crippen molar-refractivity contribution in [2.45, 2.75) is 10.1 Å². The van der Waals surface area contributed by atoms with E-state index in [-0.39, 0.29) is 16.2 Å². The molecule has 1 aromatic heterocycles. The summed E-state index contributed by atoms with van der Waals surface area (Å²) < 4.78 is 70.5. The maximum atomic E-state index is 13.3. The molecule has 1 atom stereocenters. The van der Waals surface area contributed by atoms with Crippen molar-refractivity contribution in [1.82, 2.24) is 5.32 Å². The molecule has 0 saturated carbocycles. The summed E-state index contributed by atoms with van der Waals surface area (Å²) in [5, 5.41) is 1.08. The van der Waals surface area contributed by atoms with Crippen LogP contribution >= 0.6 is 0 Å². The van der Waals surface area contributed by atoms with E-state index < -0.39 is 45.0 Å². The van der Waals surface area contributed by atoms with Crippen LogP contribution in [0.3, 0.4) is 0 Å². The number of halogens is 3. The number of carbonyl (C=O) groups is 1. The van der Waals surface area contributed by atoms with Crippen LogP contribution in [0.2, 0.25) is 0 Å². The van der Waals surface area contributed by atoms with Crippen molar-refractivity contribution in [3.8, 4) is 0 Å². The van der Waals surface area contributed by atoms with E-state index in [1.807, 2.05) is 0 Å². The predicted molar refractivity (Wildman–Crippen MR) is 93.7 cm³/mol. The third-order valence-electron chi connectivity index (χ3n) is 4.01. The van der Waals surface area contributed by atoms with Crippen LogP contribution in [0, 0.1) is 17.5 Å². The summed E-state index contributed by atoms with van der Waals surface area (Å²) in [7, 11) is -4.04. The van der Waals surface area contributed by atoms with Crippen LogP contribution in [0.25, 0.3) is 0 Å². The van der Waals surface area contributed by atoms with Crippen molar-refractivity contribution in [1.29, 1.82) is 0 Å². The number of hydrogen-bond acceptors (Lipinski definition) is 4. The molecule has 1 N–H and O–H groups in total. The molecule has 2 aromatic carbocycles. The summed E-state index contributed by atoms with van der Waals surface area (Å²) in [5.74, 6) is -3.63. The van der Waals surface area contributed by atoms with Gasteiger partial charge in [-0.2, -0.15) is 0 Å². The molecule has 1 amide bonds. The van der Waals surface area contributed by atoms with Crippen molar-refractivity contribution in [2.24, 2.45) is 0 Å². The van der Waals surface area contributed by atoms with Gasteiger partial charge in [0.1, 0.15) is 16.8 Å². The van der Waals surface area contributed by atoms with Crippen LogP contribution in [-0.2, 0) is 9.84 Å². The molecule has 0 saturated heterocycles. The highest BCUT2D eigenvalue weighted by Crippen LogP contribution is 2.29. The van der Waals surface area contributed by atoms with Gasteiger partial charge in [-0.25, -0.2) is 21.6 Å². The van der Waals surface area contributed by atoms with E-state index in [9.17, 15) is 26.4 Å². The number of nitrogens with one attached hydrogen (secondary N) is 1. The molecule has 1 unspecified atom stereocenters. The van der Waals surface area contributed by atoms with Crippen molar-refractivity contribution in [3.05, 3.63) is 89.6 Å². The number of hydrogen-bond donors (Lipinski definition) is 1. The molecule has 9 heteroatoms. The summed E-state index contributed by atoms with van der Waals surface area (Å²) >= 11 is 0. The fraction of sp³-hybridized carbons (Fsp3) is 0.105. The Labute approximate surface area is 158 Å². The van der Waals surface area contributed by atoms with Crippen LogP contribution < -0.4 is 5.32 Å². The van der Waals surface area contributed by atoms with Crippen molar-refractivity contribution in [3.63, 3.8) is 0 Å². The minimum Gasteiger partial charge on any atom is -0.468 e. The lowest BCUT2D eigenvalue weighted by Crippen LogP contribution is -2.32. The molecule has 28 heavy (non-hydrogen) atoms. The van der Waals surface area contributed by atoms with E-state index in [1.54, 1.807) is 0 Å². The summed E-state index contributed by atoms with van der Waals surface area (Å²) in [5.41, 5.74) is -0.170. The van der Waals surface area contributed by atoms with Crippen molar-refractivity contribution >= 4 is 15.7 Å². The lowest BCUT2D eigenvalue weighted by molar-refractivity contribution is 0.0952. The number of carbonyl (C=O) groups excluding carboxylic acids is 1. The predicted octanol–water partition coefficient (Wildman–Crippen LogP) is 3.64. The number of amides is 1. The standard InChI is InChI=1S/C19H14F3NO4S/c20-13-4-6-14(7-5-13)28(25,26)18(17-2-1-9-27-17)11-23-19(24)12-3-8-15(21)16(22)10-12/h1-10,18H,11H2,(H,23,24). The van der Waals surface area contributed by atoms with Gasteiger partial charge >= 0.3 is 0 Å². The maximum absolute atomic E-state index is 13.3. The van der Waals surface area contributed by atoms with Gasteiger partial charge in [0.05, 0.1) is 11.2 Å². The van der Waals surface area contributed by atoms with E-state index in [1.165, 1.54) is 18.4 Å². The molecule has 0 radical (unpaired) electrons. The summed E-state index contributed by atoms with van der Waals surface area (Å²) in [6.07, 6.45) is 1.28. The quantitative estimate of drug-likeness (QED) is 0.631. The first kappa shape index (κ1) is 19.7. The molecule has 0 aliphatic heterocycles. The molecule has 3 aromatic rings. The zero-order valence-electron chi connectivity index (χ0n) is 14.2. The van der Waals surface area contributed by atoms with Crippen LogP contribution in [-0.4, -0.2) is 20.9 Å². The number of furan rings is 1. The number of rotatable bonds is 6. The zero-order valence-corrected chi connectivity index (χ0v) is 15.0. The Hall–Kier alpha value is -3.07. The SMILES string of the molecule is O=C(NCC(c1ccco1)S(=O)(=O)c1ccc(F)cc1)c1ccc(F)c(F)c1. The summed E-state index contributed by atoms with van der Waals surface area (Å²) in [6.45, 7) is -0.398. The van der Waals surface area contributed by atoms with Crippen LogP contribution in [0.15, 0.2) is 70.2 Å². The third kappa shape index (κ3) is 4.09. The topological polar surface area (TPSA) is 76.4 Å². The normalized spacial score (nSPS) is 12.5. The van der Waals surface area contributed by atoms with E-state index in [0.717, 1.165) is 36.4 Å². The van der Waals surface area contributed by atoms with Crippen molar-refractivity contribution in [2.75, 3.05) is 6.54 Å². The maximum Gasteiger partial charge on any atom is 0.251 e. The fourth-order valence-electron chi connectivity index (χ4n) is 2.55. The average Bonchev–Trinajstić information content (AvgIpc) is 3.18. The summed E-state index contributed by atoms with van der Waals surface area (Å²) in [6, 6.07) is 9.72. The first-order valence-corrected chi connectivity index (χ1v) is 9.60. The highest BCUT2D eigenvalue weighted by Gasteiger charge is 2.32. The van der Waals surface area contributed by atoms with Crippen molar-refractivity contribution < 1.29 is 30.8 Å². The second-order valence-electron chi connectivity index (χ2n) is 5.84. The lowest BCUT2D eigenvalue weighted by atomic mass is 10.2. The Bertz CT molecular complexity index is 1080. The Balaban J connectivity index is 1.86. The largest absolute Gasteiger partial charge is 0.468 e. The first-order chi connectivity index (χ1) is 13.3. The van der Waals surface area contributed by atoms with Crippen LogP contribution in [0.5, 0.6) is 0 Å². The number of benzene rings is 2. The van der Waals surface area contributed by atoms with Gasteiger partial charge in [0, 0.05) is 12.1 Å². The minimum atomic E-state index is -4.04. The molecule has 0 fully saturated rings. The van der Waals surface area contributed by atoms with Gasteiger partial charge < -0.3 is 9.73 Å². The van der Waals surface area contributed by atoms with Gasteiger partial charge in [-0.1, -0.05) is 0 Å². The highest BCUT2D eigenvalue weighted by atomic mass is 32.2. The van der Waals surface area contributed by atoms with E-state index >= 15 is 0 Å². The van der Waals surface area contributed by atoms with E-state index in [4.69, 9.17) is 4.42 Å². The highest BCUT2D eigenvalue weighted by molar-refractivity contribution is 7.91. The molecule has 0 aliphatic carbocycles. The van der Waals surface area contributed by atoms with Gasteiger partial charge in [0.25, 0.3) is 5.91 Å². The molecule has 146 valence electrons. The van der Waals surface area contributed by atoms with E-state index in [0.29, 0.717) is 6.07 Å². The molecule has 0 spiro atoms. The zero-order chi connectivity index (χ0) is 20.3. The molecule has 3 rings (SSSR count). The fourth-order valence-corrected chi connectivity index (χ4v) is 4.14. The second kappa shape index (κ2) is 7.89. The van der Waals surface area contributed by atoms with Crippen LogP contribution in [0.1, 0.15) is 21.4 Å². The molecule has 0 bridgehead atoms. The molecule has 1 heterocycles. The molecule has 5 nitrogen and oxygen atoms in total. The van der Waals surface area contributed by atoms with Crippen LogP contribution in [0.4, 0.5) is 13.2 Å². The van der Waals surface area contributed by atoms with Gasteiger partial charge in [0.2, 0.25) is 0 Å². The third-order valence-corrected chi connectivity index (χ3v) is 6.08. The monoisotopic (exact) mass is 409 g/mol. The van der Waals surface area contributed by atoms with Gasteiger partial charge in [-0.3, -0.25) is 4.79 Å². The smallest absolute Gasteiger partial charge is 0.251 e.